The minimum atomic E-state index is -0.569. The summed E-state index contributed by atoms with van der Waals surface area (Å²) in [4.78, 5) is 28.6. The number of aliphatic imine (C=N–C) groups is 1. The Bertz CT molecular complexity index is 1650. The van der Waals surface area contributed by atoms with E-state index in [1.807, 2.05) is 6.07 Å². The fraction of sp³-hybridized carbons (Fsp3) is 0.214. The standard InChI is InChI=1S/C28H25FN4O5/c1-2-38-28(37)31-26-12-17-5-4-16(11-24(17)30-26)20-7-15(3-6-23(20)29)8-25-21-9-18(13-34)19(14-35)10-22(21)27(36)33-32-25/h3-7,9-11,34-35H,2,8,12-14H2,1H3,(H,33,36)(H,30,31,37). The maximum atomic E-state index is 14.9. The van der Waals surface area contributed by atoms with Gasteiger partial charge in [-0.3, -0.25) is 10.1 Å². The molecule has 0 aliphatic carbocycles. The molecule has 0 fully saturated rings. The van der Waals surface area contributed by atoms with Gasteiger partial charge in [-0.25, -0.2) is 19.3 Å². The molecule has 0 bridgehead atoms. The molecular weight excluding hydrogens is 491 g/mol. The van der Waals surface area contributed by atoms with Gasteiger partial charge in [0.05, 0.1) is 36.6 Å². The molecule has 1 aliphatic rings. The van der Waals surface area contributed by atoms with Crippen LogP contribution in [0.4, 0.5) is 14.9 Å². The Balaban J connectivity index is 1.47. The number of hydrogen-bond acceptors (Lipinski definition) is 7. The Kier molecular flexibility index (Phi) is 6.99. The highest BCUT2D eigenvalue weighted by Crippen LogP contribution is 2.33. The highest BCUT2D eigenvalue weighted by Gasteiger charge is 2.19. The third-order valence-corrected chi connectivity index (χ3v) is 6.46. The number of carbonyl (C=O) groups excluding carboxylic acids is 1. The lowest BCUT2D eigenvalue weighted by atomic mass is 9.96. The summed E-state index contributed by atoms with van der Waals surface area (Å²) in [6.45, 7) is 1.36. The summed E-state index contributed by atoms with van der Waals surface area (Å²) in [6, 6.07) is 13.4. The highest BCUT2D eigenvalue weighted by atomic mass is 19.1. The van der Waals surface area contributed by atoms with Gasteiger partial charge in [0.15, 0.2) is 0 Å². The first-order valence-electron chi connectivity index (χ1n) is 12.1. The SMILES string of the molecule is CCOC(=O)NC1=Nc2cc(-c3cc(Cc4n[nH]c(=O)c5cc(CO)c(CO)cc45)ccc3F)ccc2C1. The number of alkyl carbamates (subject to hydrolysis) is 1. The van der Waals surface area contributed by atoms with Crippen molar-refractivity contribution in [2.75, 3.05) is 6.61 Å². The number of nitrogens with one attached hydrogen (secondary N) is 2. The van der Waals surface area contributed by atoms with Crippen LogP contribution in [0, 0.1) is 5.82 Å². The lowest BCUT2D eigenvalue weighted by Gasteiger charge is -2.11. The molecule has 4 aromatic rings. The van der Waals surface area contributed by atoms with Gasteiger partial charge >= 0.3 is 6.09 Å². The molecule has 9 nitrogen and oxygen atoms in total. The fourth-order valence-corrected chi connectivity index (χ4v) is 4.59. The molecule has 1 aliphatic heterocycles. The van der Waals surface area contributed by atoms with E-state index in [9.17, 15) is 24.2 Å². The van der Waals surface area contributed by atoms with Crippen molar-refractivity contribution in [3.05, 3.63) is 92.6 Å². The molecule has 1 aromatic heterocycles. The van der Waals surface area contributed by atoms with Crippen LogP contribution < -0.4 is 10.9 Å². The van der Waals surface area contributed by atoms with Crippen LogP contribution in [0.1, 0.15) is 34.9 Å². The van der Waals surface area contributed by atoms with E-state index in [0.29, 0.717) is 63.1 Å². The van der Waals surface area contributed by atoms with Gasteiger partial charge in [0.25, 0.3) is 5.56 Å². The summed E-state index contributed by atoms with van der Waals surface area (Å²) in [5.74, 6) is 0.0578. The number of benzene rings is 3. The second-order valence-electron chi connectivity index (χ2n) is 8.90. The minimum absolute atomic E-state index is 0.252. The van der Waals surface area contributed by atoms with Gasteiger partial charge in [0.2, 0.25) is 0 Å². The summed E-state index contributed by atoms with van der Waals surface area (Å²) >= 11 is 0. The quantitative estimate of drug-likeness (QED) is 0.309. The number of aliphatic hydroxyl groups is 2. The van der Waals surface area contributed by atoms with Gasteiger partial charge in [-0.15, -0.1) is 0 Å². The molecule has 0 spiro atoms. The van der Waals surface area contributed by atoms with Crippen molar-refractivity contribution < 1.29 is 24.1 Å². The van der Waals surface area contributed by atoms with E-state index in [4.69, 9.17) is 4.74 Å². The molecule has 0 radical (unpaired) electrons. The van der Waals surface area contributed by atoms with Crippen molar-refractivity contribution >= 4 is 28.4 Å². The molecule has 0 unspecified atom stereocenters. The van der Waals surface area contributed by atoms with Crippen LogP contribution in [0.3, 0.4) is 0 Å². The van der Waals surface area contributed by atoms with Gasteiger partial charge in [-0.1, -0.05) is 18.2 Å². The molecule has 5 rings (SSSR count). The average molecular weight is 517 g/mol. The first-order chi connectivity index (χ1) is 18.4. The van der Waals surface area contributed by atoms with E-state index in [1.54, 1.807) is 43.3 Å². The van der Waals surface area contributed by atoms with Gasteiger partial charge in [0, 0.05) is 23.8 Å². The van der Waals surface area contributed by atoms with Gasteiger partial charge in [-0.05, 0) is 65.1 Å². The summed E-state index contributed by atoms with van der Waals surface area (Å²) in [7, 11) is 0. The maximum absolute atomic E-state index is 14.9. The Morgan fingerprint density at radius 2 is 1.84 bits per heavy atom. The maximum Gasteiger partial charge on any atom is 0.412 e. The van der Waals surface area contributed by atoms with Gasteiger partial charge in [-0.2, -0.15) is 5.10 Å². The number of aliphatic hydroxyl groups excluding tert-OH is 2. The molecule has 0 saturated heterocycles. The molecule has 38 heavy (non-hydrogen) atoms. The number of aromatic nitrogens is 2. The van der Waals surface area contributed by atoms with Crippen molar-refractivity contribution in [3.8, 4) is 11.1 Å². The Morgan fingerprint density at radius 1 is 1.08 bits per heavy atom. The number of aromatic amines is 1. The second-order valence-corrected chi connectivity index (χ2v) is 8.90. The number of nitrogens with zero attached hydrogens (tertiary/aromatic N) is 2. The molecule has 10 heteroatoms. The van der Waals surface area contributed by atoms with Crippen LogP contribution in [0.5, 0.6) is 0 Å². The topological polar surface area (TPSA) is 137 Å². The number of amides is 1. The number of H-pyrrole nitrogens is 1. The van der Waals surface area contributed by atoms with E-state index < -0.39 is 17.5 Å². The number of halogens is 1. The Hall–Kier alpha value is -4.41. The molecule has 0 saturated carbocycles. The molecule has 3 aromatic carbocycles. The molecule has 0 atom stereocenters. The first-order valence-corrected chi connectivity index (χ1v) is 12.1. The lowest BCUT2D eigenvalue weighted by molar-refractivity contribution is 0.157. The Labute approximate surface area is 216 Å². The minimum Gasteiger partial charge on any atom is -0.450 e. The van der Waals surface area contributed by atoms with Crippen molar-refractivity contribution in [3.63, 3.8) is 0 Å². The number of hydrogen-bond donors (Lipinski definition) is 4. The van der Waals surface area contributed by atoms with Crippen LogP contribution in [-0.2, 0) is 30.8 Å². The molecule has 2 heterocycles. The summed E-state index contributed by atoms with van der Waals surface area (Å²) in [5.41, 5.74) is 4.41. The zero-order valence-electron chi connectivity index (χ0n) is 20.5. The van der Waals surface area contributed by atoms with Crippen LogP contribution in [-0.4, -0.2) is 38.9 Å². The van der Waals surface area contributed by atoms with Crippen molar-refractivity contribution in [2.24, 2.45) is 4.99 Å². The molecule has 4 N–H and O–H groups in total. The smallest absolute Gasteiger partial charge is 0.412 e. The molecule has 1 amide bonds. The number of rotatable bonds is 6. The van der Waals surface area contributed by atoms with Gasteiger partial charge in [0.1, 0.15) is 11.7 Å². The summed E-state index contributed by atoms with van der Waals surface area (Å²) in [5, 5.41) is 29.5. The lowest BCUT2D eigenvalue weighted by Crippen LogP contribution is -2.30. The van der Waals surface area contributed by atoms with E-state index >= 15 is 0 Å². The number of ether oxygens (including phenoxy) is 1. The van der Waals surface area contributed by atoms with Crippen molar-refractivity contribution in [1.82, 2.24) is 15.5 Å². The van der Waals surface area contributed by atoms with Crippen LogP contribution in [0.25, 0.3) is 21.9 Å². The zero-order chi connectivity index (χ0) is 26.8. The van der Waals surface area contributed by atoms with Crippen LogP contribution in [0.2, 0.25) is 0 Å². The third kappa shape index (κ3) is 4.91. The van der Waals surface area contributed by atoms with E-state index in [-0.39, 0.29) is 19.8 Å². The predicted molar refractivity (Wildman–Crippen MR) is 140 cm³/mol. The third-order valence-electron chi connectivity index (χ3n) is 6.46. The molecular formula is C28H25FN4O5. The van der Waals surface area contributed by atoms with Crippen LogP contribution in [0.15, 0.2) is 58.3 Å². The van der Waals surface area contributed by atoms with E-state index in [1.165, 1.54) is 6.07 Å². The first kappa shape index (κ1) is 25.2. The summed E-state index contributed by atoms with van der Waals surface area (Å²) < 4.78 is 19.8. The normalized spacial score (nSPS) is 12.4. The van der Waals surface area contributed by atoms with Crippen LogP contribution >= 0.6 is 0 Å². The van der Waals surface area contributed by atoms with Crippen molar-refractivity contribution in [1.29, 1.82) is 0 Å². The van der Waals surface area contributed by atoms with Crippen molar-refractivity contribution in [2.45, 2.75) is 33.0 Å². The van der Waals surface area contributed by atoms with E-state index in [0.717, 1.165) is 11.1 Å². The highest BCUT2D eigenvalue weighted by molar-refractivity contribution is 6.01. The number of amidine groups is 1. The van der Waals surface area contributed by atoms with Gasteiger partial charge < -0.3 is 14.9 Å². The second kappa shape index (κ2) is 10.5. The predicted octanol–water partition coefficient (Wildman–Crippen LogP) is 3.64. The Morgan fingerprint density at radius 3 is 2.58 bits per heavy atom. The largest absolute Gasteiger partial charge is 0.450 e. The van der Waals surface area contributed by atoms with E-state index in [2.05, 4.69) is 20.5 Å². The molecule has 194 valence electrons. The summed E-state index contributed by atoms with van der Waals surface area (Å²) in [6.07, 6.45) is 0.163. The number of fused-ring (bicyclic) bond motifs is 2. The number of carbonyl (C=O) groups is 1. The monoisotopic (exact) mass is 516 g/mol. The fourth-order valence-electron chi connectivity index (χ4n) is 4.59. The zero-order valence-corrected chi connectivity index (χ0v) is 20.5. The average Bonchev–Trinajstić information content (AvgIpc) is 3.32.